The topological polar surface area (TPSA) is 85.4 Å². The fourth-order valence-electron chi connectivity index (χ4n) is 2.93. The third-order valence-corrected chi connectivity index (χ3v) is 4.43. The van der Waals surface area contributed by atoms with Gasteiger partial charge in [0.1, 0.15) is 17.3 Å². The Balaban J connectivity index is 1.95. The van der Waals surface area contributed by atoms with E-state index in [1.54, 1.807) is 20.4 Å². The van der Waals surface area contributed by atoms with Gasteiger partial charge in [-0.05, 0) is 55.8 Å². The summed E-state index contributed by atoms with van der Waals surface area (Å²) >= 11 is 0. The monoisotopic (exact) mass is 406 g/mol. The fourth-order valence-corrected chi connectivity index (χ4v) is 2.93. The normalized spacial score (nSPS) is 10.6. The van der Waals surface area contributed by atoms with Gasteiger partial charge in [0.15, 0.2) is 0 Å². The molecule has 0 aliphatic heterocycles. The number of nitrogens with one attached hydrogen (secondary N) is 2. The zero-order valence-corrected chi connectivity index (χ0v) is 17.6. The molecule has 156 valence electrons. The molecule has 30 heavy (non-hydrogen) atoms. The highest BCUT2D eigenvalue weighted by Gasteiger charge is 2.13. The number of ether oxygens (including phenoxy) is 2. The van der Waals surface area contributed by atoms with Gasteiger partial charge in [-0.1, -0.05) is 12.1 Å². The van der Waals surface area contributed by atoms with E-state index in [1.165, 1.54) is 0 Å². The van der Waals surface area contributed by atoms with Gasteiger partial charge in [0.05, 0.1) is 26.5 Å². The summed E-state index contributed by atoms with van der Waals surface area (Å²) in [7, 11) is 3.27. The summed E-state index contributed by atoms with van der Waals surface area (Å²) in [6, 6.07) is 15.2. The third-order valence-electron chi connectivity index (χ3n) is 4.43. The number of amides is 2. The number of carbonyl (C=O) groups is 1. The van der Waals surface area contributed by atoms with Crippen LogP contribution >= 0.6 is 0 Å². The fraction of sp³-hybridized carbons (Fsp3) is 0.261. The first-order valence-corrected chi connectivity index (χ1v) is 9.69. The van der Waals surface area contributed by atoms with E-state index < -0.39 is 0 Å². The summed E-state index contributed by atoms with van der Waals surface area (Å²) in [6.07, 6.45) is 1.78. The molecule has 0 aliphatic carbocycles. The van der Waals surface area contributed by atoms with Gasteiger partial charge in [0, 0.05) is 23.4 Å². The molecule has 7 heteroatoms. The maximum atomic E-state index is 11.9. The molecule has 0 radical (unpaired) electrons. The number of hydrogen-bond acceptors (Lipinski definition) is 5. The standard InChI is InChI=1S/C23H26N4O3/c1-15(2)26-23(28)25-14-21-24-13-20(16-5-9-18(29-3)10-6-16)22(27-21)17-7-11-19(30-4)12-8-17/h5-13,15H,14H2,1-4H3,(H2,25,26,28). The Morgan fingerprint density at radius 1 is 0.933 bits per heavy atom. The average molecular weight is 406 g/mol. The molecule has 0 unspecified atom stereocenters. The van der Waals surface area contributed by atoms with Crippen molar-refractivity contribution >= 4 is 6.03 Å². The molecule has 0 atom stereocenters. The van der Waals surface area contributed by atoms with Crippen LogP contribution in [0.25, 0.3) is 22.4 Å². The van der Waals surface area contributed by atoms with Crippen LogP contribution in [0.5, 0.6) is 11.5 Å². The number of rotatable bonds is 7. The first kappa shape index (κ1) is 21.1. The number of benzene rings is 2. The number of carbonyl (C=O) groups excluding carboxylic acids is 1. The largest absolute Gasteiger partial charge is 0.497 e. The summed E-state index contributed by atoms with van der Waals surface area (Å²) in [5, 5.41) is 5.58. The summed E-state index contributed by atoms with van der Waals surface area (Å²) in [5.74, 6) is 2.07. The van der Waals surface area contributed by atoms with Crippen LogP contribution in [0.15, 0.2) is 54.7 Å². The zero-order valence-electron chi connectivity index (χ0n) is 17.6. The number of hydrogen-bond donors (Lipinski definition) is 2. The molecular weight excluding hydrogens is 380 g/mol. The van der Waals surface area contributed by atoms with E-state index in [4.69, 9.17) is 14.5 Å². The second-order valence-corrected chi connectivity index (χ2v) is 6.99. The van der Waals surface area contributed by atoms with Gasteiger partial charge < -0.3 is 20.1 Å². The number of urea groups is 1. The van der Waals surface area contributed by atoms with Gasteiger partial charge in [-0.3, -0.25) is 0 Å². The van der Waals surface area contributed by atoms with E-state index in [1.807, 2.05) is 62.4 Å². The average Bonchev–Trinajstić information content (AvgIpc) is 2.77. The smallest absolute Gasteiger partial charge is 0.315 e. The summed E-state index contributed by atoms with van der Waals surface area (Å²) in [5.41, 5.74) is 3.56. The van der Waals surface area contributed by atoms with Gasteiger partial charge in [0.2, 0.25) is 0 Å². The molecule has 1 aromatic heterocycles. The molecular formula is C23H26N4O3. The van der Waals surface area contributed by atoms with E-state index in [0.29, 0.717) is 5.82 Å². The maximum absolute atomic E-state index is 11.9. The van der Waals surface area contributed by atoms with Crippen molar-refractivity contribution in [1.29, 1.82) is 0 Å². The maximum Gasteiger partial charge on any atom is 0.315 e. The number of nitrogens with zero attached hydrogens (tertiary/aromatic N) is 2. The van der Waals surface area contributed by atoms with E-state index in [9.17, 15) is 4.79 Å². The van der Waals surface area contributed by atoms with Gasteiger partial charge in [-0.2, -0.15) is 0 Å². The molecule has 1 heterocycles. The molecule has 0 spiro atoms. The predicted octanol–water partition coefficient (Wildman–Crippen LogP) is 4.04. The Kier molecular flexibility index (Phi) is 6.85. The predicted molar refractivity (Wildman–Crippen MR) is 117 cm³/mol. The Morgan fingerprint density at radius 2 is 1.50 bits per heavy atom. The quantitative estimate of drug-likeness (QED) is 0.619. The lowest BCUT2D eigenvalue weighted by Gasteiger charge is -2.13. The van der Waals surface area contributed by atoms with Crippen LogP contribution < -0.4 is 20.1 Å². The minimum Gasteiger partial charge on any atom is -0.497 e. The molecule has 3 aromatic rings. The molecule has 2 N–H and O–H groups in total. The highest BCUT2D eigenvalue weighted by Crippen LogP contribution is 2.32. The molecule has 0 bridgehead atoms. The van der Waals surface area contributed by atoms with Crippen molar-refractivity contribution in [2.75, 3.05) is 14.2 Å². The molecule has 3 rings (SSSR count). The van der Waals surface area contributed by atoms with Crippen molar-refractivity contribution in [2.45, 2.75) is 26.4 Å². The molecule has 0 aliphatic rings. The van der Waals surface area contributed by atoms with Crippen LogP contribution in [0.3, 0.4) is 0 Å². The molecule has 2 amide bonds. The summed E-state index contributed by atoms with van der Waals surface area (Å²) in [4.78, 5) is 21.1. The van der Waals surface area contributed by atoms with Gasteiger partial charge in [-0.15, -0.1) is 0 Å². The first-order valence-electron chi connectivity index (χ1n) is 9.69. The highest BCUT2D eigenvalue weighted by atomic mass is 16.5. The Morgan fingerprint density at radius 3 is 2.03 bits per heavy atom. The zero-order chi connectivity index (χ0) is 21.5. The van der Waals surface area contributed by atoms with Crippen LogP contribution in [0, 0.1) is 0 Å². The second kappa shape index (κ2) is 9.73. The van der Waals surface area contributed by atoms with Crippen molar-refractivity contribution < 1.29 is 14.3 Å². The molecule has 0 saturated carbocycles. The van der Waals surface area contributed by atoms with Gasteiger partial charge in [-0.25, -0.2) is 14.8 Å². The van der Waals surface area contributed by atoms with Crippen molar-refractivity contribution in [1.82, 2.24) is 20.6 Å². The number of aromatic nitrogens is 2. The van der Waals surface area contributed by atoms with E-state index in [2.05, 4.69) is 15.6 Å². The molecule has 7 nitrogen and oxygen atoms in total. The van der Waals surface area contributed by atoms with Crippen molar-refractivity contribution in [2.24, 2.45) is 0 Å². The van der Waals surface area contributed by atoms with Gasteiger partial charge in [0.25, 0.3) is 0 Å². The van der Waals surface area contributed by atoms with E-state index >= 15 is 0 Å². The van der Waals surface area contributed by atoms with E-state index in [-0.39, 0.29) is 18.6 Å². The van der Waals surface area contributed by atoms with Crippen molar-refractivity contribution in [3.05, 3.63) is 60.6 Å². The van der Waals surface area contributed by atoms with Gasteiger partial charge >= 0.3 is 6.03 Å². The van der Waals surface area contributed by atoms with Crippen LogP contribution in [-0.2, 0) is 6.54 Å². The molecule has 0 fully saturated rings. The Bertz CT molecular complexity index is 986. The summed E-state index contributed by atoms with van der Waals surface area (Å²) < 4.78 is 10.5. The molecule has 0 saturated heterocycles. The number of methoxy groups -OCH3 is 2. The van der Waals surface area contributed by atoms with Crippen LogP contribution in [0.1, 0.15) is 19.7 Å². The lowest BCUT2D eigenvalue weighted by molar-refractivity contribution is 0.238. The summed E-state index contributed by atoms with van der Waals surface area (Å²) in [6.45, 7) is 4.04. The van der Waals surface area contributed by atoms with Crippen LogP contribution in [0.2, 0.25) is 0 Å². The lowest BCUT2D eigenvalue weighted by Crippen LogP contribution is -2.39. The Labute approximate surface area is 176 Å². The lowest BCUT2D eigenvalue weighted by atomic mass is 10.0. The second-order valence-electron chi connectivity index (χ2n) is 6.99. The van der Waals surface area contributed by atoms with Crippen LogP contribution in [0.4, 0.5) is 4.79 Å². The van der Waals surface area contributed by atoms with E-state index in [0.717, 1.165) is 33.9 Å². The Hall–Kier alpha value is -3.61. The minimum atomic E-state index is -0.251. The van der Waals surface area contributed by atoms with Crippen molar-refractivity contribution in [3.63, 3.8) is 0 Å². The highest BCUT2D eigenvalue weighted by molar-refractivity contribution is 5.80. The molecule has 2 aromatic carbocycles. The van der Waals surface area contributed by atoms with Crippen molar-refractivity contribution in [3.8, 4) is 33.9 Å². The first-order chi connectivity index (χ1) is 14.5. The SMILES string of the molecule is COc1ccc(-c2cnc(CNC(=O)NC(C)C)nc2-c2ccc(OC)cc2)cc1. The minimum absolute atomic E-state index is 0.0539. The van der Waals surface area contributed by atoms with Crippen LogP contribution in [-0.4, -0.2) is 36.3 Å². The third kappa shape index (κ3) is 5.26.